The van der Waals surface area contributed by atoms with Crippen molar-refractivity contribution >= 4 is 11.9 Å². The predicted octanol–water partition coefficient (Wildman–Crippen LogP) is 24.1. The van der Waals surface area contributed by atoms with Crippen molar-refractivity contribution in [2.45, 2.75) is 315 Å². The number of rotatable bonds is 62. The van der Waals surface area contributed by atoms with Gasteiger partial charge in [-0.1, -0.05) is 327 Å². The van der Waals surface area contributed by atoms with Crippen molar-refractivity contribution in [1.82, 2.24) is 0 Å². The number of hydrogen-bond donors (Lipinski definition) is 1. The first-order valence-corrected chi connectivity index (χ1v) is 34.4. The van der Waals surface area contributed by atoms with E-state index in [2.05, 4.69) is 160 Å². The molecular formula is C77H128O5. The van der Waals surface area contributed by atoms with Crippen LogP contribution in [-0.4, -0.2) is 36.4 Å². The zero-order chi connectivity index (χ0) is 59.1. The molecule has 0 aliphatic carbocycles. The van der Waals surface area contributed by atoms with Gasteiger partial charge in [0.2, 0.25) is 0 Å². The molecule has 1 N–H and O–H groups in total. The lowest BCUT2D eigenvalue weighted by Crippen LogP contribution is -2.28. The molecular weight excluding hydrogens is 1000 g/mol. The van der Waals surface area contributed by atoms with Gasteiger partial charge in [0.15, 0.2) is 6.10 Å². The highest BCUT2D eigenvalue weighted by Gasteiger charge is 2.16. The number of carbonyl (C=O) groups is 2. The van der Waals surface area contributed by atoms with Crippen molar-refractivity contribution in [3.8, 4) is 0 Å². The topological polar surface area (TPSA) is 72.8 Å². The molecule has 0 aliphatic rings. The SMILES string of the molecule is CC/C=C\C/C=C\C/C=C\C/C=C\C/C=C\C/C=C\C/C=C\C/C=C\CCCCCCCCCCCCC(=O)OC(CO)COC(=O)CCCCCCCCCCCCCCCCCCCCCC/C=C\C/C=C\C/C=C\C/C=C\CC. The molecule has 0 radical (unpaired) electrons. The Morgan fingerprint density at radius 3 is 0.732 bits per heavy atom. The zero-order valence-corrected chi connectivity index (χ0v) is 53.5. The Morgan fingerprint density at radius 1 is 0.280 bits per heavy atom. The maximum atomic E-state index is 12.4. The lowest BCUT2D eigenvalue weighted by Gasteiger charge is -2.15. The molecule has 0 spiro atoms. The fourth-order valence-electron chi connectivity index (χ4n) is 9.57. The maximum absolute atomic E-state index is 12.4. The van der Waals surface area contributed by atoms with E-state index in [1.807, 2.05) is 0 Å². The Bertz CT molecular complexity index is 1710. The summed E-state index contributed by atoms with van der Waals surface area (Å²) in [6, 6.07) is 0. The molecule has 466 valence electrons. The van der Waals surface area contributed by atoms with Gasteiger partial charge < -0.3 is 14.6 Å². The van der Waals surface area contributed by atoms with Crippen LogP contribution < -0.4 is 0 Å². The minimum absolute atomic E-state index is 0.0719. The van der Waals surface area contributed by atoms with Gasteiger partial charge >= 0.3 is 11.9 Å². The second-order valence-electron chi connectivity index (χ2n) is 22.5. The molecule has 0 aromatic rings. The molecule has 0 fully saturated rings. The summed E-state index contributed by atoms with van der Waals surface area (Å²) in [6.45, 7) is 3.93. The normalized spacial score (nSPS) is 13.2. The average Bonchev–Trinajstić information content (AvgIpc) is 3.49. The summed E-state index contributed by atoms with van der Waals surface area (Å²) in [5.41, 5.74) is 0. The van der Waals surface area contributed by atoms with Gasteiger partial charge in [-0.2, -0.15) is 0 Å². The molecule has 0 rings (SSSR count). The van der Waals surface area contributed by atoms with Crippen LogP contribution in [0.4, 0.5) is 0 Å². The lowest BCUT2D eigenvalue weighted by molar-refractivity contribution is -0.161. The Labute approximate surface area is 508 Å². The third-order valence-electron chi connectivity index (χ3n) is 14.6. The summed E-state index contributed by atoms with van der Waals surface area (Å²) >= 11 is 0. The third kappa shape index (κ3) is 68.3. The minimum atomic E-state index is -0.784. The monoisotopic (exact) mass is 1130 g/mol. The highest BCUT2D eigenvalue weighted by molar-refractivity contribution is 5.70. The summed E-state index contributed by atoms with van der Waals surface area (Å²) in [6.07, 6.45) is 107. The van der Waals surface area contributed by atoms with E-state index in [1.165, 1.54) is 167 Å². The molecule has 0 saturated heterocycles. The van der Waals surface area contributed by atoms with Crippen LogP contribution in [0.25, 0.3) is 0 Å². The lowest BCUT2D eigenvalue weighted by atomic mass is 10.0. The number of aliphatic hydroxyl groups is 1. The molecule has 0 aliphatic heterocycles. The number of ether oxygens (including phenoxy) is 2. The highest BCUT2D eigenvalue weighted by Crippen LogP contribution is 2.17. The Morgan fingerprint density at radius 2 is 0.488 bits per heavy atom. The first-order chi connectivity index (χ1) is 40.6. The molecule has 0 amide bonds. The maximum Gasteiger partial charge on any atom is 0.306 e. The Hall–Kier alpha value is -4.22. The first kappa shape index (κ1) is 77.8. The van der Waals surface area contributed by atoms with Crippen molar-refractivity contribution in [3.63, 3.8) is 0 Å². The number of allylic oxidation sites excluding steroid dienone is 24. The van der Waals surface area contributed by atoms with Crippen molar-refractivity contribution < 1.29 is 24.2 Å². The van der Waals surface area contributed by atoms with E-state index in [-0.39, 0.29) is 25.2 Å². The smallest absolute Gasteiger partial charge is 0.306 e. The summed E-state index contributed by atoms with van der Waals surface area (Å²) in [5.74, 6) is -0.592. The predicted molar refractivity (Wildman–Crippen MR) is 361 cm³/mol. The number of esters is 2. The molecule has 82 heavy (non-hydrogen) atoms. The van der Waals surface area contributed by atoms with Crippen LogP contribution in [0.1, 0.15) is 309 Å². The van der Waals surface area contributed by atoms with Crippen LogP contribution in [0, 0.1) is 0 Å². The first-order valence-electron chi connectivity index (χ1n) is 34.4. The van der Waals surface area contributed by atoms with Crippen LogP contribution in [-0.2, 0) is 19.1 Å². The van der Waals surface area contributed by atoms with Crippen molar-refractivity contribution in [3.05, 3.63) is 146 Å². The molecule has 0 aromatic heterocycles. The number of aliphatic hydroxyl groups excluding tert-OH is 1. The van der Waals surface area contributed by atoms with Gasteiger partial charge in [-0.15, -0.1) is 0 Å². The second kappa shape index (κ2) is 71.0. The summed E-state index contributed by atoms with van der Waals surface area (Å²) in [5, 5.41) is 9.70. The standard InChI is InChI=1S/C77H128O5/c1-3-5-7-9-11-13-15-17-19-21-23-25-27-29-31-33-35-37-38-40-42-44-46-48-50-52-54-56-58-60-62-64-66-68-70-72-77(80)82-75(73-78)74-81-76(79)71-69-67-65-63-61-59-57-55-53-51-49-47-45-43-41-39-36-34-32-30-28-26-24-22-20-18-16-14-12-10-8-6-4-2/h5-8,11-14,17-20,23-26,29,31,35,37,40,42,46,48,75,78H,3-4,9-10,15-16,21-22,27-28,30,32-34,36,38-39,41,43-45,47,49-74H2,1-2H3/b7-5-,8-6-,13-11-,14-12-,19-17-,20-18-,25-23-,26-24-,31-29-,37-35-,42-40-,48-46-. The van der Waals surface area contributed by atoms with Gasteiger partial charge in [0.05, 0.1) is 6.61 Å². The van der Waals surface area contributed by atoms with Crippen molar-refractivity contribution in [1.29, 1.82) is 0 Å². The Kier molecular flexibility index (Phi) is 67.4. The van der Waals surface area contributed by atoms with Crippen LogP contribution in [0.3, 0.4) is 0 Å². The summed E-state index contributed by atoms with van der Waals surface area (Å²) in [4.78, 5) is 24.7. The molecule has 0 bridgehead atoms. The van der Waals surface area contributed by atoms with Crippen molar-refractivity contribution in [2.24, 2.45) is 0 Å². The van der Waals surface area contributed by atoms with E-state index in [9.17, 15) is 14.7 Å². The minimum Gasteiger partial charge on any atom is -0.462 e. The highest BCUT2D eigenvalue weighted by atomic mass is 16.6. The molecule has 5 heteroatoms. The molecule has 1 unspecified atom stereocenters. The molecule has 1 atom stereocenters. The summed E-state index contributed by atoms with van der Waals surface area (Å²) < 4.78 is 10.8. The van der Waals surface area contributed by atoms with Gasteiger partial charge in [0, 0.05) is 12.8 Å². The third-order valence-corrected chi connectivity index (χ3v) is 14.6. The second-order valence-corrected chi connectivity index (χ2v) is 22.5. The molecule has 0 heterocycles. The van der Waals surface area contributed by atoms with Gasteiger partial charge in [-0.3, -0.25) is 9.59 Å². The van der Waals surface area contributed by atoms with Crippen LogP contribution in [0.2, 0.25) is 0 Å². The fourth-order valence-corrected chi connectivity index (χ4v) is 9.57. The van der Waals surface area contributed by atoms with Gasteiger partial charge in [-0.05, 0) is 116 Å². The average molecular weight is 1130 g/mol. The van der Waals surface area contributed by atoms with E-state index in [0.717, 1.165) is 116 Å². The van der Waals surface area contributed by atoms with Crippen LogP contribution >= 0.6 is 0 Å². The van der Waals surface area contributed by atoms with Gasteiger partial charge in [0.1, 0.15) is 6.61 Å². The van der Waals surface area contributed by atoms with Crippen molar-refractivity contribution in [2.75, 3.05) is 13.2 Å². The van der Waals surface area contributed by atoms with Gasteiger partial charge in [0.25, 0.3) is 0 Å². The van der Waals surface area contributed by atoms with E-state index in [0.29, 0.717) is 12.8 Å². The van der Waals surface area contributed by atoms with E-state index < -0.39 is 6.10 Å². The van der Waals surface area contributed by atoms with Crippen LogP contribution in [0.5, 0.6) is 0 Å². The van der Waals surface area contributed by atoms with E-state index in [4.69, 9.17) is 9.47 Å². The summed E-state index contributed by atoms with van der Waals surface area (Å²) in [7, 11) is 0. The molecule has 0 saturated carbocycles. The molecule has 0 aromatic carbocycles. The number of hydrogen-bond acceptors (Lipinski definition) is 5. The van der Waals surface area contributed by atoms with E-state index in [1.54, 1.807) is 0 Å². The van der Waals surface area contributed by atoms with Gasteiger partial charge in [-0.25, -0.2) is 0 Å². The largest absolute Gasteiger partial charge is 0.462 e. The quantitative estimate of drug-likeness (QED) is 0.0373. The fraction of sp³-hybridized carbons (Fsp3) is 0.662. The van der Waals surface area contributed by atoms with E-state index >= 15 is 0 Å². The Balaban J connectivity index is 3.50. The number of carbonyl (C=O) groups excluding carboxylic acids is 2. The zero-order valence-electron chi connectivity index (χ0n) is 53.5. The molecule has 5 nitrogen and oxygen atoms in total. The van der Waals surface area contributed by atoms with Crippen LogP contribution in [0.15, 0.2) is 146 Å². The number of unbranched alkanes of at least 4 members (excludes halogenated alkanes) is 30.